The lowest BCUT2D eigenvalue weighted by Crippen LogP contribution is -2.23. The topological polar surface area (TPSA) is 71.5 Å². The van der Waals surface area contributed by atoms with Crippen LogP contribution in [0.3, 0.4) is 0 Å². The van der Waals surface area contributed by atoms with E-state index in [0.717, 1.165) is 50.7 Å². The molecule has 1 amide bonds. The van der Waals surface area contributed by atoms with E-state index in [1.807, 2.05) is 62.5 Å². The molecule has 0 saturated heterocycles. The Kier molecular flexibility index (Phi) is 9.42. The third-order valence-corrected chi connectivity index (χ3v) is 6.97. The van der Waals surface area contributed by atoms with Gasteiger partial charge < -0.3 is 15.0 Å². The molecule has 0 aliphatic heterocycles. The van der Waals surface area contributed by atoms with E-state index in [9.17, 15) is 9.59 Å². The normalized spacial score (nSPS) is 11.5. The van der Waals surface area contributed by atoms with Crippen molar-refractivity contribution >= 4 is 46.4 Å². The Bertz CT molecular complexity index is 1120. The van der Waals surface area contributed by atoms with Gasteiger partial charge in [-0.05, 0) is 54.6 Å². The first-order chi connectivity index (χ1) is 16.4. The second-order valence-electron chi connectivity index (χ2n) is 7.61. The van der Waals surface area contributed by atoms with Crippen LogP contribution in [-0.4, -0.2) is 36.4 Å². The first-order valence-electron chi connectivity index (χ1n) is 10.9. The number of hydrogen-bond acceptors (Lipinski definition) is 7. The van der Waals surface area contributed by atoms with Gasteiger partial charge in [-0.3, -0.25) is 14.6 Å². The fraction of sp³-hybridized carbons (Fsp3) is 0.269. The number of benzene rings is 2. The number of amides is 1. The van der Waals surface area contributed by atoms with Crippen LogP contribution in [0.4, 0.5) is 11.4 Å². The maximum Gasteiger partial charge on any atom is 0.228 e. The summed E-state index contributed by atoms with van der Waals surface area (Å²) in [6, 6.07) is 17.3. The smallest absolute Gasteiger partial charge is 0.228 e. The highest BCUT2D eigenvalue weighted by molar-refractivity contribution is 8.12. The molecule has 1 N–H and O–H groups in total. The van der Waals surface area contributed by atoms with Gasteiger partial charge in [0, 0.05) is 34.8 Å². The van der Waals surface area contributed by atoms with Gasteiger partial charge in [0.25, 0.3) is 0 Å². The van der Waals surface area contributed by atoms with Crippen LogP contribution >= 0.6 is 23.5 Å². The largest absolute Gasteiger partial charge is 0.497 e. The van der Waals surface area contributed by atoms with Crippen molar-refractivity contribution in [3.63, 3.8) is 0 Å². The van der Waals surface area contributed by atoms with Crippen molar-refractivity contribution in [3.8, 4) is 5.75 Å². The van der Waals surface area contributed by atoms with Crippen LogP contribution < -0.4 is 15.0 Å². The molecule has 0 saturated carbocycles. The second-order valence-corrected chi connectivity index (χ2v) is 9.81. The van der Waals surface area contributed by atoms with Crippen molar-refractivity contribution in [2.75, 3.05) is 30.1 Å². The summed E-state index contributed by atoms with van der Waals surface area (Å²) in [4.78, 5) is 32.4. The molecular formula is C26H29N3O3S2. The zero-order chi connectivity index (χ0) is 24.5. The van der Waals surface area contributed by atoms with Gasteiger partial charge in [0.15, 0.2) is 5.62 Å². The van der Waals surface area contributed by atoms with Crippen LogP contribution in [0.15, 0.2) is 70.6 Å². The molecule has 0 bridgehead atoms. The van der Waals surface area contributed by atoms with E-state index >= 15 is 0 Å². The number of anilines is 2. The van der Waals surface area contributed by atoms with E-state index in [1.54, 1.807) is 31.1 Å². The SMILES string of the molecule is CCSc1ccc(CC(=O)Nc2ccc(N(C)C(C)c3cc(OC)ccn3)c(SC=O)c2)cc1. The Morgan fingerprint density at radius 1 is 1.18 bits per heavy atom. The maximum absolute atomic E-state index is 12.6. The minimum atomic E-state index is -0.104. The number of carbonyl (C=O) groups is 2. The summed E-state index contributed by atoms with van der Waals surface area (Å²) in [5.41, 5.74) is 4.12. The molecule has 0 aliphatic carbocycles. The van der Waals surface area contributed by atoms with E-state index in [0.29, 0.717) is 5.69 Å². The lowest BCUT2D eigenvalue weighted by atomic mass is 10.1. The molecule has 0 spiro atoms. The van der Waals surface area contributed by atoms with Gasteiger partial charge in [0.1, 0.15) is 5.75 Å². The standard InChI is InChI=1S/C26H29N3O3S2/c1-5-33-22-9-6-19(7-10-22)14-26(31)28-20-8-11-24(25(15-20)34-17-30)29(3)18(2)23-16-21(32-4)12-13-27-23/h6-13,15-18H,5,14H2,1-4H3,(H,28,31). The van der Waals surface area contributed by atoms with Crippen LogP contribution in [0, 0.1) is 0 Å². The number of thioether (sulfide) groups is 2. The Labute approximate surface area is 209 Å². The summed E-state index contributed by atoms with van der Waals surface area (Å²) in [6.45, 7) is 4.15. The van der Waals surface area contributed by atoms with Gasteiger partial charge in [-0.15, -0.1) is 11.8 Å². The number of aromatic nitrogens is 1. The van der Waals surface area contributed by atoms with Crippen molar-refractivity contribution in [2.24, 2.45) is 0 Å². The minimum absolute atomic E-state index is 0.0598. The van der Waals surface area contributed by atoms with Crippen LogP contribution in [0.1, 0.15) is 31.1 Å². The van der Waals surface area contributed by atoms with Crippen molar-refractivity contribution < 1.29 is 14.3 Å². The van der Waals surface area contributed by atoms with E-state index in [-0.39, 0.29) is 18.4 Å². The van der Waals surface area contributed by atoms with Gasteiger partial charge in [0.2, 0.25) is 5.91 Å². The summed E-state index contributed by atoms with van der Waals surface area (Å²) in [5, 5.41) is 2.95. The van der Waals surface area contributed by atoms with Crippen molar-refractivity contribution in [2.45, 2.75) is 36.1 Å². The third kappa shape index (κ3) is 6.77. The molecule has 0 radical (unpaired) electrons. The van der Waals surface area contributed by atoms with Gasteiger partial charge in [0.05, 0.1) is 31.0 Å². The summed E-state index contributed by atoms with van der Waals surface area (Å²) < 4.78 is 5.31. The molecule has 1 heterocycles. The Morgan fingerprint density at radius 2 is 1.94 bits per heavy atom. The van der Waals surface area contributed by atoms with Gasteiger partial charge >= 0.3 is 0 Å². The fourth-order valence-electron chi connectivity index (χ4n) is 3.48. The quantitative estimate of drug-likeness (QED) is 0.264. The number of methoxy groups -OCH3 is 1. The van der Waals surface area contributed by atoms with Crippen molar-refractivity contribution in [3.05, 3.63) is 72.1 Å². The van der Waals surface area contributed by atoms with Gasteiger partial charge in [-0.25, -0.2) is 0 Å². The van der Waals surface area contributed by atoms with E-state index in [4.69, 9.17) is 4.74 Å². The Hall–Kier alpha value is -2.97. The lowest BCUT2D eigenvalue weighted by Gasteiger charge is -2.28. The molecule has 34 heavy (non-hydrogen) atoms. The maximum atomic E-state index is 12.6. The van der Waals surface area contributed by atoms with Crippen molar-refractivity contribution in [1.82, 2.24) is 4.98 Å². The number of carbonyl (C=O) groups excluding carboxylic acids is 2. The zero-order valence-corrected chi connectivity index (χ0v) is 21.4. The molecule has 1 unspecified atom stereocenters. The van der Waals surface area contributed by atoms with E-state index in [1.165, 1.54) is 4.90 Å². The molecule has 8 heteroatoms. The summed E-state index contributed by atoms with van der Waals surface area (Å²) >= 11 is 2.85. The molecule has 3 rings (SSSR count). The average molecular weight is 496 g/mol. The molecular weight excluding hydrogens is 466 g/mol. The number of pyridine rings is 1. The summed E-state index contributed by atoms with van der Waals surface area (Å²) in [6.07, 6.45) is 2.00. The molecule has 0 fully saturated rings. The van der Waals surface area contributed by atoms with Crippen LogP contribution in [-0.2, 0) is 16.0 Å². The number of rotatable bonds is 11. The van der Waals surface area contributed by atoms with Gasteiger partial charge in [-0.1, -0.05) is 30.8 Å². The number of nitrogens with one attached hydrogen (secondary N) is 1. The van der Waals surface area contributed by atoms with Crippen molar-refractivity contribution in [1.29, 1.82) is 0 Å². The highest BCUT2D eigenvalue weighted by Crippen LogP contribution is 2.35. The third-order valence-electron chi connectivity index (χ3n) is 5.39. The lowest BCUT2D eigenvalue weighted by molar-refractivity contribution is -0.115. The summed E-state index contributed by atoms with van der Waals surface area (Å²) in [7, 11) is 3.58. The number of hydrogen-bond donors (Lipinski definition) is 1. The second kappa shape index (κ2) is 12.5. The monoisotopic (exact) mass is 495 g/mol. The van der Waals surface area contributed by atoms with Gasteiger partial charge in [-0.2, -0.15) is 0 Å². The Morgan fingerprint density at radius 3 is 2.62 bits per heavy atom. The molecule has 1 aromatic heterocycles. The Balaban J connectivity index is 1.73. The molecule has 3 aromatic rings. The van der Waals surface area contributed by atoms with Crippen LogP contribution in [0.25, 0.3) is 0 Å². The molecule has 0 aliphatic rings. The van der Waals surface area contributed by atoms with E-state index < -0.39 is 0 Å². The van der Waals surface area contributed by atoms with E-state index in [2.05, 4.69) is 22.1 Å². The number of ether oxygens (including phenoxy) is 1. The highest BCUT2D eigenvalue weighted by Gasteiger charge is 2.18. The number of nitrogens with zero attached hydrogens (tertiary/aromatic N) is 2. The predicted molar refractivity (Wildman–Crippen MR) is 142 cm³/mol. The molecule has 1 atom stereocenters. The summed E-state index contributed by atoms with van der Waals surface area (Å²) in [5.74, 6) is 1.65. The minimum Gasteiger partial charge on any atom is -0.497 e. The predicted octanol–water partition coefficient (Wildman–Crippen LogP) is 5.86. The zero-order valence-electron chi connectivity index (χ0n) is 19.8. The fourth-order valence-corrected chi connectivity index (χ4v) is 4.77. The van der Waals surface area contributed by atoms with Crippen LogP contribution in [0.2, 0.25) is 0 Å². The highest BCUT2D eigenvalue weighted by atomic mass is 32.2. The molecule has 6 nitrogen and oxygen atoms in total. The molecule has 178 valence electrons. The first kappa shape index (κ1) is 25.6. The first-order valence-corrected chi connectivity index (χ1v) is 12.8. The molecule has 2 aromatic carbocycles. The van der Waals surface area contributed by atoms with Crippen LogP contribution in [0.5, 0.6) is 5.75 Å². The average Bonchev–Trinajstić information content (AvgIpc) is 2.85.